The summed E-state index contributed by atoms with van der Waals surface area (Å²) in [6.07, 6.45) is 0. The molecule has 0 aliphatic carbocycles. The van der Waals surface area contributed by atoms with Crippen LogP contribution >= 0.6 is 11.6 Å². The number of fused-ring (bicyclic) bond motifs is 1. The standard InChI is InChI=1S/C18H17ClN2O/c1-13-10-14-6-3-5-9-17(14)21(13)12-18(22)20-11-15-7-2-4-8-16(15)19/h2-10H,11-12H2,1H3,(H,20,22). The fraction of sp³-hybridized carbons (Fsp3) is 0.167. The molecule has 0 fully saturated rings. The summed E-state index contributed by atoms with van der Waals surface area (Å²) in [5, 5.41) is 4.75. The summed E-state index contributed by atoms with van der Waals surface area (Å²) in [6, 6.07) is 17.7. The van der Waals surface area contributed by atoms with E-state index in [4.69, 9.17) is 11.6 Å². The lowest BCUT2D eigenvalue weighted by Crippen LogP contribution is -2.27. The zero-order valence-electron chi connectivity index (χ0n) is 12.3. The Morgan fingerprint density at radius 1 is 1.14 bits per heavy atom. The zero-order valence-corrected chi connectivity index (χ0v) is 13.1. The number of nitrogens with one attached hydrogen (secondary N) is 1. The Hall–Kier alpha value is -2.26. The summed E-state index contributed by atoms with van der Waals surface area (Å²) in [5.41, 5.74) is 3.08. The predicted molar refractivity (Wildman–Crippen MR) is 90.0 cm³/mol. The van der Waals surface area contributed by atoms with E-state index in [1.54, 1.807) is 0 Å². The van der Waals surface area contributed by atoms with Crippen LogP contribution in [-0.2, 0) is 17.9 Å². The van der Waals surface area contributed by atoms with Gasteiger partial charge in [0.2, 0.25) is 5.91 Å². The molecule has 0 aliphatic heterocycles. The van der Waals surface area contributed by atoms with E-state index in [0.717, 1.165) is 22.2 Å². The van der Waals surface area contributed by atoms with E-state index in [-0.39, 0.29) is 5.91 Å². The molecular weight excluding hydrogens is 296 g/mol. The van der Waals surface area contributed by atoms with Gasteiger partial charge in [0, 0.05) is 22.8 Å². The van der Waals surface area contributed by atoms with Gasteiger partial charge in [-0.05, 0) is 36.1 Å². The Morgan fingerprint density at radius 2 is 1.86 bits per heavy atom. The molecular formula is C18H17ClN2O. The van der Waals surface area contributed by atoms with Gasteiger partial charge < -0.3 is 9.88 Å². The lowest BCUT2D eigenvalue weighted by atomic mass is 10.2. The van der Waals surface area contributed by atoms with Crippen LogP contribution in [0.15, 0.2) is 54.6 Å². The molecule has 1 amide bonds. The lowest BCUT2D eigenvalue weighted by Gasteiger charge is -2.10. The van der Waals surface area contributed by atoms with E-state index < -0.39 is 0 Å². The minimum Gasteiger partial charge on any atom is -0.350 e. The Balaban J connectivity index is 1.71. The normalized spacial score (nSPS) is 10.8. The Labute approximate surface area is 134 Å². The van der Waals surface area contributed by atoms with Crippen LogP contribution in [0.5, 0.6) is 0 Å². The molecule has 22 heavy (non-hydrogen) atoms. The molecule has 0 spiro atoms. The summed E-state index contributed by atoms with van der Waals surface area (Å²) in [7, 11) is 0. The summed E-state index contributed by atoms with van der Waals surface area (Å²) in [4.78, 5) is 12.2. The fourth-order valence-corrected chi connectivity index (χ4v) is 2.80. The average Bonchev–Trinajstić information content (AvgIpc) is 2.83. The molecule has 3 rings (SSSR count). The third kappa shape index (κ3) is 3.00. The molecule has 0 saturated carbocycles. The second-order valence-electron chi connectivity index (χ2n) is 5.30. The topological polar surface area (TPSA) is 34.0 Å². The van der Waals surface area contributed by atoms with Crippen LogP contribution in [0.2, 0.25) is 5.02 Å². The maximum absolute atomic E-state index is 12.2. The number of carbonyl (C=O) groups is 1. The highest BCUT2D eigenvalue weighted by Crippen LogP contribution is 2.19. The van der Waals surface area contributed by atoms with Crippen molar-refractivity contribution in [2.75, 3.05) is 0 Å². The van der Waals surface area contributed by atoms with Crippen molar-refractivity contribution < 1.29 is 4.79 Å². The minimum atomic E-state index is -0.0237. The van der Waals surface area contributed by atoms with Crippen molar-refractivity contribution in [2.24, 2.45) is 0 Å². The maximum atomic E-state index is 12.2. The lowest BCUT2D eigenvalue weighted by molar-refractivity contribution is -0.121. The van der Waals surface area contributed by atoms with Crippen molar-refractivity contribution in [3.8, 4) is 0 Å². The first-order valence-electron chi connectivity index (χ1n) is 7.20. The van der Waals surface area contributed by atoms with Crippen LogP contribution in [0.4, 0.5) is 0 Å². The van der Waals surface area contributed by atoms with Crippen molar-refractivity contribution in [3.63, 3.8) is 0 Å². The van der Waals surface area contributed by atoms with Crippen LogP contribution in [0.1, 0.15) is 11.3 Å². The number of hydrogen-bond acceptors (Lipinski definition) is 1. The van der Waals surface area contributed by atoms with Gasteiger partial charge in [-0.25, -0.2) is 0 Å². The van der Waals surface area contributed by atoms with Gasteiger partial charge in [0.25, 0.3) is 0 Å². The van der Waals surface area contributed by atoms with Gasteiger partial charge in [-0.1, -0.05) is 48.0 Å². The van der Waals surface area contributed by atoms with Crippen LogP contribution in [0, 0.1) is 6.92 Å². The molecule has 0 aliphatic rings. The summed E-state index contributed by atoms with van der Waals surface area (Å²) >= 11 is 6.10. The van der Waals surface area contributed by atoms with Gasteiger partial charge in [0.05, 0.1) is 0 Å². The summed E-state index contributed by atoms with van der Waals surface area (Å²) in [6.45, 7) is 2.77. The van der Waals surface area contributed by atoms with Crippen molar-refractivity contribution >= 4 is 28.4 Å². The van der Waals surface area contributed by atoms with Crippen molar-refractivity contribution in [2.45, 2.75) is 20.0 Å². The van der Waals surface area contributed by atoms with Crippen LogP contribution in [-0.4, -0.2) is 10.5 Å². The number of hydrogen-bond donors (Lipinski definition) is 1. The highest BCUT2D eigenvalue weighted by molar-refractivity contribution is 6.31. The van der Waals surface area contributed by atoms with E-state index in [0.29, 0.717) is 18.1 Å². The van der Waals surface area contributed by atoms with Crippen LogP contribution in [0.3, 0.4) is 0 Å². The summed E-state index contributed by atoms with van der Waals surface area (Å²) < 4.78 is 2.03. The van der Waals surface area contributed by atoms with E-state index in [1.807, 2.05) is 54.0 Å². The molecule has 4 heteroatoms. The molecule has 2 aromatic carbocycles. The first-order valence-corrected chi connectivity index (χ1v) is 7.58. The largest absolute Gasteiger partial charge is 0.350 e. The van der Waals surface area contributed by atoms with Gasteiger partial charge in [-0.2, -0.15) is 0 Å². The monoisotopic (exact) mass is 312 g/mol. The number of carbonyl (C=O) groups excluding carboxylic acids is 1. The minimum absolute atomic E-state index is 0.0237. The van der Waals surface area contributed by atoms with E-state index in [1.165, 1.54) is 0 Å². The van der Waals surface area contributed by atoms with Gasteiger partial charge >= 0.3 is 0 Å². The molecule has 0 saturated heterocycles. The molecule has 0 atom stereocenters. The van der Waals surface area contributed by atoms with Gasteiger partial charge in [-0.3, -0.25) is 4.79 Å². The number of para-hydroxylation sites is 1. The number of amides is 1. The predicted octanol–water partition coefficient (Wildman–Crippen LogP) is 3.92. The Morgan fingerprint density at radius 3 is 2.68 bits per heavy atom. The van der Waals surface area contributed by atoms with Gasteiger partial charge in [0.15, 0.2) is 0 Å². The quantitative estimate of drug-likeness (QED) is 0.778. The molecule has 0 radical (unpaired) electrons. The number of nitrogens with zero attached hydrogens (tertiary/aromatic N) is 1. The first-order chi connectivity index (χ1) is 10.6. The fourth-order valence-electron chi connectivity index (χ4n) is 2.59. The van der Waals surface area contributed by atoms with Crippen LogP contribution < -0.4 is 5.32 Å². The van der Waals surface area contributed by atoms with E-state index >= 15 is 0 Å². The third-order valence-electron chi connectivity index (χ3n) is 3.75. The van der Waals surface area contributed by atoms with Gasteiger partial charge in [-0.15, -0.1) is 0 Å². The molecule has 1 aromatic heterocycles. The molecule has 1 heterocycles. The number of halogens is 1. The van der Waals surface area contributed by atoms with Crippen molar-refractivity contribution in [1.82, 2.24) is 9.88 Å². The molecule has 3 aromatic rings. The Bertz CT molecular complexity index is 823. The zero-order chi connectivity index (χ0) is 15.5. The SMILES string of the molecule is Cc1cc2ccccc2n1CC(=O)NCc1ccccc1Cl. The second kappa shape index (κ2) is 6.24. The van der Waals surface area contributed by atoms with Crippen molar-refractivity contribution in [3.05, 3.63) is 70.9 Å². The number of rotatable bonds is 4. The van der Waals surface area contributed by atoms with E-state index in [2.05, 4.69) is 17.4 Å². The van der Waals surface area contributed by atoms with Gasteiger partial charge in [0.1, 0.15) is 6.54 Å². The maximum Gasteiger partial charge on any atom is 0.240 e. The number of aromatic nitrogens is 1. The van der Waals surface area contributed by atoms with Crippen LogP contribution in [0.25, 0.3) is 10.9 Å². The highest BCUT2D eigenvalue weighted by Gasteiger charge is 2.09. The van der Waals surface area contributed by atoms with E-state index in [9.17, 15) is 4.79 Å². The molecule has 112 valence electrons. The molecule has 0 unspecified atom stereocenters. The van der Waals surface area contributed by atoms with Crippen molar-refractivity contribution in [1.29, 1.82) is 0 Å². The summed E-state index contributed by atoms with van der Waals surface area (Å²) in [5.74, 6) is -0.0237. The highest BCUT2D eigenvalue weighted by atomic mass is 35.5. The molecule has 0 bridgehead atoms. The third-order valence-corrected chi connectivity index (χ3v) is 4.12. The smallest absolute Gasteiger partial charge is 0.240 e. The first kappa shape index (κ1) is 14.7. The Kier molecular flexibility index (Phi) is 4.16. The second-order valence-corrected chi connectivity index (χ2v) is 5.71. The molecule has 1 N–H and O–H groups in total. The molecule has 3 nitrogen and oxygen atoms in total. The number of aryl methyl sites for hydroxylation is 1. The number of benzene rings is 2. The average molecular weight is 313 g/mol.